The number of allylic oxidation sites excluding steroid dienone is 1. The van der Waals surface area contributed by atoms with Crippen LogP contribution in [0.15, 0.2) is 35.7 Å². The fourth-order valence-electron chi connectivity index (χ4n) is 3.08. The predicted molar refractivity (Wildman–Crippen MR) is 113 cm³/mol. The molecule has 0 radical (unpaired) electrons. The zero-order chi connectivity index (χ0) is 21.1. The molecule has 0 fully saturated rings. The van der Waals surface area contributed by atoms with E-state index < -0.39 is 0 Å². The van der Waals surface area contributed by atoms with Crippen LogP contribution in [0, 0.1) is 11.3 Å². The average molecular weight is 422 g/mol. The number of aromatic nitrogens is 1. The molecule has 1 aromatic heterocycles. The molecule has 0 N–H and O–H groups in total. The highest BCUT2D eigenvalue weighted by atomic mass is 32.1. The fourth-order valence-corrected chi connectivity index (χ4v) is 3.87. The van der Waals surface area contributed by atoms with Crippen LogP contribution in [0.1, 0.15) is 10.6 Å². The molecule has 0 atom stereocenters. The Bertz CT molecular complexity index is 1140. The third-order valence-electron chi connectivity index (χ3n) is 4.52. The Kier molecular flexibility index (Phi) is 5.46. The van der Waals surface area contributed by atoms with Crippen LogP contribution in [0.3, 0.4) is 0 Å². The number of hydrogen-bond donors (Lipinski definition) is 0. The Balaban J connectivity index is 1.69. The van der Waals surface area contributed by atoms with Gasteiger partial charge in [0.1, 0.15) is 11.1 Å². The molecule has 2 heterocycles. The lowest BCUT2D eigenvalue weighted by Crippen LogP contribution is -1.95. The van der Waals surface area contributed by atoms with Gasteiger partial charge in [-0.3, -0.25) is 0 Å². The van der Waals surface area contributed by atoms with Gasteiger partial charge in [0.2, 0.25) is 12.5 Å². The highest BCUT2D eigenvalue weighted by Gasteiger charge is 2.17. The first-order valence-corrected chi connectivity index (χ1v) is 9.82. The van der Waals surface area contributed by atoms with E-state index in [0.717, 1.165) is 16.8 Å². The smallest absolute Gasteiger partial charge is 0.231 e. The Morgan fingerprint density at radius 2 is 1.80 bits per heavy atom. The fraction of sp³-hybridized carbons (Fsp3) is 0.182. The molecule has 0 bridgehead atoms. The molecule has 152 valence electrons. The molecule has 30 heavy (non-hydrogen) atoms. The molecule has 1 aliphatic heterocycles. The van der Waals surface area contributed by atoms with Gasteiger partial charge in [-0.15, -0.1) is 11.3 Å². The summed E-state index contributed by atoms with van der Waals surface area (Å²) in [5.41, 5.74) is 2.83. The molecule has 0 saturated heterocycles. The normalized spacial score (nSPS) is 12.4. The number of rotatable bonds is 6. The number of nitrogens with zero attached hydrogens (tertiary/aromatic N) is 2. The maximum absolute atomic E-state index is 9.73. The van der Waals surface area contributed by atoms with Gasteiger partial charge < -0.3 is 23.7 Å². The lowest BCUT2D eigenvalue weighted by atomic mass is 10.1. The van der Waals surface area contributed by atoms with E-state index in [0.29, 0.717) is 39.3 Å². The van der Waals surface area contributed by atoms with Crippen LogP contribution >= 0.6 is 11.3 Å². The third kappa shape index (κ3) is 3.63. The number of fused-ring (bicyclic) bond motifs is 1. The maximum Gasteiger partial charge on any atom is 0.231 e. The van der Waals surface area contributed by atoms with E-state index in [1.807, 2.05) is 23.6 Å². The van der Waals surface area contributed by atoms with E-state index in [2.05, 4.69) is 11.1 Å². The minimum atomic E-state index is 0.219. The molecule has 0 aliphatic carbocycles. The van der Waals surface area contributed by atoms with Crippen molar-refractivity contribution in [3.8, 4) is 46.1 Å². The number of thiazole rings is 1. The summed E-state index contributed by atoms with van der Waals surface area (Å²) in [5.74, 6) is 2.93. The van der Waals surface area contributed by atoms with E-state index >= 15 is 0 Å². The third-order valence-corrected chi connectivity index (χ3v) is 5.40. The molecular weight excluding hydrogens is 404 g/mol. The highest BCUT2D eigenvalue weighted by molar-refractivity contribution is 7.11. The van der Waals surface area contributed by atoms with E-state index in [9.17, 15) is 5.26 Å². The summed E-state index contributed by atoms with van der Waals surface area (Å²) >= 11 is 1.40. The molecule has 3 aromatic rings. The molecule has 4 rings (SSSR count). The van der Waals surface area contributed by atoms with Crippen molar-refractivity contribution in [2.24, 2.45) is 0 Å². The average Bonchev–Trinajstić information content (AvgIpc) is 3.45. The number of methoxy groups -OCH3 is 3. The Hall–Kier alpha value is -3.70. The van der Waals surface area contributed by atoms with Crippen LogP contribution in [-0.2, 0) is 0 Å². The quantitative estimate of drug-likeness (QED) is 0.536. The number of hydrogen-bond acceptors (Lipinski definition) is 8. The van der Waals surface area contributed by atoms with Gasteiger partial charge in [0.15, 0.2) is 23.0 Å². The van der Waals surface area contributed by atoms with Crippen molar-refractivity contribution >= 4 is 23.0 Å². The van der Waals surface area contributed by atoms with Gasteiger partial charge in [-0.05, 0) is 42.0 Å². The van der Waals surface area contributed by atoms with E-state index in [1.54, 1.807) is 39.5 Å². The zero-order valence-corrected chi connectivity index (χ0v) is 17.4. The van der Waals surface area contributed by atoms with Gasteiger partial charge in [0, 0.05) is 10.9 Å². The van der Waals surface area contributed by atoms with Crippen molar-refractivity contribution in [1.82, 2.24) is 4.98 Å². The van der Waals surface area contributed by atoms with Crippen LogP contribution < -0.4 is 23.7 Å². The van der Waals surface area contributed by atoms with Crippen LogP contribution in [0.25, 0.3) is 22.9 Å². The second kappa shape index (κ2) is 8.35. The first kappa shape index (κ1) is 19.6. The first-order chi connectivity index (χ1) is 14.7. The van der Waals surface area contributed by atoms with Crippen LogP contribution in [-0.4, -0.2) is 33.1 Å². The minimum absolute atomic E-state index is 0.219. The minimum Gasteiger partial charge on any atom is -0.493 e. The van der Waals surface area contributed by atoms with Crippen molar-refractivity contribution in [1.29, 1.82) is 5.26 Å². The predicted octanol–water partition coefficient (Wildman–Crippen LogP) is 4.63. The second-order valence-electron chi connectivity index (χ2n) is 6.23. The Morgan fingerprint density at radius 3 is 2.47 bits per heavy atom. The van der Waals surface area contributed by atoms with Crippen LogP contribution in [0.2, 0.25) is 0 Å². The van der Waals surface area contributed by atoms with Gasteiger partial charge in [-0.2, -0.15) is 5.26 Å². The lowest BCUT2D eigenvalue weighted by Gasteiger charge is -2.13. The van der Waals surface area contributed by atoms with Crippen molar-refractivity contribution in [3.63, 3.8) is 0 Å². The van der Waals surface area contributed by atoms with E-state index in [-0.39, 0.29) is 6.79 Å². The molecule has 1 aliphatic rings. The molecule has 2 aromatic carbocycles. The van der Waals surface area contributed by atoms with Gasteiger partial charge in [-0.1, -0.05) is 0 Å². The molecular formula is C22H18N2O5S. The molecule has 0 unspecified atom stereocenters. The van der Waals surface area contributed by atoms with Crippen molar-refractivity contribution in [3.05, 3.63) is 46.3 Å². The van der Waals surface area contributed by atoms with Crippen molar-refractivity contribution in [2.75, 3.05) is 28.1 Å². The number of ether oxygens (including phenoxy) is 5. The molecule has 0 amide bonds. The van der Waals surface area contributed by atoms with Crippen molar-refractivity contribution < 1.29 is 23.7 Å². The molecule has 7 nitrogen and oxygen atoms in total. The Labute approximate surface area is 177 Å². The summed E-state index contributed by atoms with van der Waals surface area (Å²) in [6, 6.07) is 11.5. The lowest BCUT2D eigenvalue weighted by molar-refractivity contribution is 0.174. The summed E-state index contributed by atoms with van der Waals surface area (Å²) in [7, 11) is 4.65. The number of nitriles is 1. The van der Waals surface area contributed by atoms with Crippen LogP contribution in [0.5, 0.6) is 28.7 Å². The summed E-state index contributed by atoms with van der Waals surface area (Å²) < 4.78 is 26.9. The van der Waals surface area contributed by atoms with Crippen molar-refractivity contribution in [2.45, 2.75) is 0 Å². The van der Waals surface area contributed by atoms with E-state index in [4.69, 9.17) is 23.7 Å². The monoisotopic (exact) mass is 422 g/mol. The van der Waals surface area contributed by atoms with Gasteiger partial charge in [-0.25, -0.2) is 4.98 Å². The summed E-state index contributed by atoms with van der Waals surface area (Å²) in [6.07, 6.45) is 1.74. The summed E-state index contributed by atoms with van der Waals surface area (Å²) in [4.78, 5) is 4.64. The van der Waals surface area contributed by atoms with Gasteiger partial charge >= 0.3 is 0 Å². The molecule has 8 heteroatoms. The largest absolute Gasteiger partial charge is 0.493 e. The SMILES string of the molecule is COc1cc(/C=C(/C#N)c2nc(-c3ccc4c(c3)OCO4)cs2)cc(OC)c1OC. The highest BCUT2D eigenvalue weighted by Crippen LogP contribution is 2.40. The summed E-state index contributed by atoms with van der Waals surface area (Å²) in [6.45, 7) is 0.219. The second-order valence-corrected chi connectivity index (χ2v) is 7.09. The van der Waals surface area contributed by atoms with Crippen LogP contribution in [0.4, 0.5) is 0 Å². The first-order valence-electron chi connectivity index (χ1n) is 8.94. The van der Waals surface area contributed by atoms with E-state index in [1.165, 1.54) is 11.3 Å². The molecule has 0 saturated carbocycles. The zero-order valence-electron chi connectivity index (χ0n) is 16.6. The van der Waals surface area contributed by atoms with Gasteiger partial charge in [0.05, 0.1) is 32.6 Å². The topological polar surface area (TPSA) is 82.8 Å². The molecule has 0 spiro atoms. The standard InChI is InChI=1S/C22H18N2O5S/c1-25-19-7-13(8-20(26-2)21(19)27-3)6-15(10-23)22-24-16(11-30-22)14-4-5-17-18(9-14)29-12-28-17/h4-9,11H,12H2,1-3H3/b15-6-. The Morgan fingerprint density at radius 1 is 1.07 bits per heavy atom. The maximum atomic E-state index is 9.73. The number of benzene rings is 2. The van der Waals surface area contributed by atoms with Gasteiger partial charge in [0.25, 0.3) is 0 Å². The summed E-state index contributed by atoms with van der Waals surface area (Å²) in [5, 5.41) is 12.2.